The standard InChI is InChI=1S/C22H20F2IN3/c23-17-10-18(24)12-20(11-17)28(26)21-13-27(14-21)22(15-4-2-1-3-5-15)16-6-8-19(25)9-7-16/h1-12,21-22H,13-14,26H2. The van der Waals surface area contributed by atoms with Gasteiger partial charge in [0.15, 0.2) is 0 Å². The highest BCUT2D eigenvalue weighted by molar-refractivity contribution is 14.1. The van der Waals surface area contributed by atoms with Crippen LogP contribution in [0.1, 0.15) is 17.2 Å². The summed E-state index contributed by atoms with van der Waals surface area (Å²) in [6, 6.07) is 22.3. The Morgan fingerprint density at radius 3 is 2.07 bits per heavy atom. The SMILES string of the molecule is NN(c1cc(F)cc(F)c1)C1CN(C(c2ccccc2)c2ccc(I)cc2)C1. The van der Waals surface area contributed by atoms with E-state index < -0.39 is 11.6 Å². The molecule has 144 valence electrons. The van der Waals surface area contributed by atoms with Gasteiger partial charge in [0.05, 0.1) is 17.8 Å². The Bertz CT molecular complexity index is 924. The third-order valence-corrected chi connectivity index (χ3v) is 5.81. The van der Waals surface area contributed by atoms with Gasteiger partial charge in [-0.2, -0.15) is 0 Å². The molecule has 0 saturated carbocycles. The zero-order valence-electron chi connectivity index (χ0n) is 15.1. The van der Waals surface area contributed by atoms with E-state index in [0.717, 1.165) is 6.07 Å². The summed E-state index contributed by atoms with van der Waals surface area (Å²) in [4.78, 5) is 2.33. The second-order valence-electron chi connectivity index (χ2n) is 7.01. The van der Waals surface area contributed by atoms with Gasteiger partial charge in [0.2, 0.25) is 0 Å². The van der Waals surface area contributed by atoms with Crippen LogP contribution in [0.15, 0.2) is 72.8 Å². The highest BCUT2D eigenvalue weighted by atomic mass is 127. The summed E-state index contributed by atoms with van der Waals surface area (Å²) < 4.78 is 28.2. The van der Waals surface area contributed by atoms with Crippen LogP contribution in [0.5, 0.6) is 0 Å². The molecule has 1 aliphatic heterocycles. The predicted octanol–water partition coefficient (Wildman–Crippen LogP) is 4.72. The number of anilines is 1. The van der Waals surface area contributed by atoms with Crippen LogP contribution in [0.3, 0.4) is 0 Å². The smallest absolute Gasteiger partial charge is 0.128 e. The first-order chi connectivity index (χ1) is 13.5. The summed E-state index contributed by atoms with van der Waals surface area (Å²) in [5, 5.41) is 1.47. The van der Waals surface area contributed by atoms with E-state index in [4.69, 9.17) is 5.84 Å². The van der Waals surface area contributed by atoms with Crippen LogP contribution >= 0.6 is 22.6 Å². The molecule has 1 atom stereocenters. The fraction of sp³-hybridized carbons (Fsp3) is 0.182. The van der Waals surface area contributed by atoms with Gasteiger partial charge >= 0.3 is 0 Å². The van der Waals surface area contributed by atoms with Crippen LogP contribution in [0.2, 0.25) is 0 Å². The first-order valence-electron chi connectivity index (χ1n) is 9.06. The minimum absolute atomic E-state index is 0.00346. The minimum atomic E-state index is -0.623. The van der Waals surface area contributed by atoms with E-state index in [1.807, 2.05) is 18.2 Å². The summed E-state index contributed by atoms with van der Waals surface area (Å²) in [6.45, 7) is 1.42. The lowest BCUT2D eigenvalue weighted by Crippen LogP contribution is -2.62. The van der Waals surface area contributed by atoms with Crippen LogP contribution in [-0.2, 0) is 0 Å². The number of nitrogens with zero attached hydrogens (tertiary/aromatic N) is 2. The second-order valence-corrected chi connectivity index (χ2v) is 8.25. The van der Waals surface area contributed by atoms with Gasteiger partial charge in [0.1, 0.15) is 11.6 Å². The fourth-order valence-corrected chi connectivity index (χ4v) is 4.03. The lowest BCUT2D eigenvalue weighted by Gasteiger charge is -2.48. The van der Waals surface area contributed by atoms with Crippen molar-refractivity contribution >= 4 is 28.3 Å². The van der Waals surface area contributed by atoms with E-state index in [9.17, 15) is 8.78 Å². The molecule has 3 aromatic carbocycles. The van der Waals surface area contributed by atoms with Crippen molar-refractivity contribution in [3.63, 3.8) is 0 Å². The number of nitrogens with two attached hydrogens (primary N) is 1. The largest absolute Gasteiger partial charge is 0.305 e. The highest BCUT2D eigenvalue weighted by Crippen LogP contribution is 2.34. The Hall–Kier alpha value is -2.03. The van der Waals surface area contributed by atoms with Crippen molar-refractivity contribution in [3.8, 4) is 0 Å². The van der Waals surface area contributed by atoms with Crippen LogP contribution < -0.4 is 10.9 Å². The van der Waals surface area contributed by atoms with Gasteiger partial charge in [-0.15, -0.1) is 0 Å². The van der Waals surface area contributed by atoms with Crippen molar-refractivity contribution in [2.45, 2.75) is 12.1 Å². The maximum Gasteiger partial charge on any atom is 0.128 e. The number of halogens is 3. The summed E-state index contributed by atoms with van der Waals surface area (Å²) in [7, 11) is 0. The maximum absolute atomic E-state index is 13.5. The second kappa shape index (κ2) is 8.14. The molecule has 0 radical (unpaired) electrons. The van der Waals surface area contributed by atoms with Crippen LogP contribution in [0.25, 0.3) is 0 Å². The Morgan fingerprint density at radius 2 is 1.46 bits per heavy atom. The number of hydrazine groups is 1. The summed E-state index contributed by atoms with van der Waals surface area (Å²) in [5.74, 6) is 4.92. The number of hydrogen-bond acceptors (Lipinski definition) is 3. The summed E-state index contributed by atoms with van der Waals surface area (Å²) >= 11 is 2.30. The van der Waals surface area contributed by atoms with E-state index in [0.29, 0.717) is 18.8 Å². The van der Waals surface area contributed by atoms with Crippen molar-refractivity contribution in [2.75, 3.05) is 18.1 Å². The monoisotopic (exact) mass is 491 g/mol. The van der Waals surface area contributed by atoms with Gasteiger partial charge in [0.25, 0.3) is 0 Å². The molecule has 4 rings (SSSR count). The van der Waals surface area contributed by atoms with Crippen LogP contribution in [0.4, 0.5) is 14.5 Å². The number of likely N-dealkylation sites (tertiary alicyclic amines) is 1. The van der Waals surface area contributed by atoms with Crippen molar-refractivity contribution < 1.29 is 8.78 Å². The number of rotatable bonds is 5. The third kappa shape index (κ3) is 4.04. The van der Waals surface area contributed by atoms with Gasteiger partial charge in [-0.25, -0.2) is 14.6 Å². The molecule has 1 fully saturated rings. The van der Waals surface area contributed by atoms with Gasteiger partial charge in [-0.1, -0.05) is 42.5 Å². The molecule has 0 spiro atoms. The predicted molar refractivity (Wildman–Crippen MR) is 116 cm³/mol. The highest BCUT2D eigenvalue weighted by Gasteiger charge is 2.37. The zero-order valence-corrected chi connectivity index (χ0v) is 17.3. The van der Waals surface area contributed by atoms with E-state index in [1.54, 1.807) is 0 Å². The van der Waals surface area contributed by atoms with Gasteiger partial charge < -0.3 is 5.01 Å². The topological polar surface area (TPSA) is 32.5 Å². The summed E-state index contributed by atoms with van der Waals surface area (Å²) in [5.41, 5.74) is 2.78. The maximum atomic E-state index is 13.5. The Balaban J connectivity index is 1.54. The van der Waals surface area contributed by atoms with Gasteiger partial charge in [0, 0.05) is 22.7 Å². The minimum Gasteiger partial charge on any atom is -0.305 e. The molecule has 28 heavy (non-hydrogen) atoms. The number of hydrogen-bond donors (Lipinski definition) is 1. The zero-order chi connectivity index (χ0) is 19.7. The third-order valence-electron chi connectivity index (χ3n) is 5.10. The molecule has 3 nitrogen and oxygen atoms in total. The van der Waals surface area contributed by atoms with Crippen molar-refractivity contribution in [1.29, 1.82) is 0 Å². The molecule has 0 bridgehead atoms. The molecule has 1 unspecified atom stereocenters. The molecule has 0 aromatic heterocycles. The first-order valence-corrected chi connectivity index (χ1v) is 10.1. The average Bonchev–Trinajstić information content (AvgIpc) is 2.65. The number of benzene rings is 3. The van der Waals surface area contributed by atoms with Crippen LogP contribution in [0, 0.1) is 15.2 Å². The Morgan fingerprint density at radius 1 is 0.893 bits per heavy atom. The van der Waals surface area contributed by atoms with Gasteiger partial charge in [-0.05, 0) is 58.0 Å². The molecular formula is C22H20F2IN3. The van der Waals surface area contributed by atoms with Gasteiger partial charge in [-0.3, -0.25) is 4.90 Å². The molecule has 0 aliphatic carbocycles. The fourth-order valence-electron chi connectivity index (χ4n) is 3.67. The van der Waals surface area contributed by atoms with Crippen molar-refractivity contribution in [2.24, 2.45) is 5.84 Å². The molecule has 1 aliphatic rings. The van der Waals surface area contributed by atoms with E-state index >= 15 is 0 Å². The molecule has 3 aromatic rings. The molecule has 1 saturated heterocycles. The first kappa shape index (κ1) is 19.3. The lowest BCUT2D eigenvalue weighted by atomic mass is 9.93. The lowest BCUT2D eigenvalue weighted by molar-refractivity contribution is 0.108. The van der Waals surface area contributed by atoms with Crippen molar-refractivity contribution in [3.05, 3.63) is 99.1 Å². The van der Waals surface area contributed by atoms with Crippen molar-refractivity contribution in [1.82, 2.24) is 4.90 Å². The van der Waals surface area contributed by atoms with E-state index in [2.05, 4.69) is 63.9 Å². The Kier molecular flexibility index (Phi) is 5.61. The molecule has 2 N–H and O–H groups in total. The molecule has 1 heterocycles. The molecule has 6 heteroatoms. The summed E-state index contributed by atoms with van der Waals surface area (Å²) in [6.07, 6.45) is 0. The van der Waals surface area contributed by atoms with Crippen LogP contribution in [-0.4, -0.2) is 24.0 Å². The normalized spacial score (nSPS) is 15.9. The Labute approximate surface area is 176 Å². The molecule has 0 amide bonds. The van der Waals surface area contributed by atoms with E-state index in [-0.39, 0.29) is 12.1 Å². The molecular weight excluding hydrogens is 471 g/mol. The quantitative estimate of drug-likeness (QED) is 0.319. The van der Waals surface area contributed by atoms with E-state index in [1.165, 1.54) is 31.8 Å². The average molecular weight is 491 g/mol.